The molecule has 1 aromatic rings. The highest BCUT2D eigenvalue weighted by molar-refractivity contribution is 7.86. The van der Waals surface area contributed by atoms with Crippen molar-refractivity contribution in [2.45, 2.75) is 63.6 Å². The number of hydrogen-bond acceptors (Lipinski definition) is 4. The Morgan fingerprint density at radius 2 is 1.43 bits per heavy atom. The number of rotatable bonds is 11. The van der Waals surface area contributed by atoms with Gasteiger partial charge in [0, 0.05) is 6.61 Å². The molecule has 0 aromatic heterocycles. The number of unbranched alkanes of at least 4 members (excludes halogenated alkanes) is 1. The fourth-order valence-corrected chi connectivity index (χ4v) is 6.12. The van der Waals surface area contributed by atoms with Crippen LogP contribution in [0.3, 0.4) is 0 Å². The second kappa shape index (κ2) is 9.57. The van der Waals surface area contributed by atoms with Crippen LogP contribution in [0.5, 0.6) is 0 Å². The summed E-state index contributed by atoms with van der Waals surface area (Å²) in [6.07, 6.45) is 1.52. The Balaban J connectivity index is 2.33. The molecule has 0 amide bonds. The van der Waals surface area contributed by atoms with E-state index in [9.17, 15) is 8.42 Å². The van der Waals surface area contributed by atoms with E-state index in [0.717, 1.165) is 30.1 Å². The van der Waals surface area contributed by atoms with E-state index in [2.05, 4.69) is 20.8 Å². The third kappa shape index (κ3) is 6.37. The van der Waals surface area contributed by atoms with Crippen molar-refractivity contribution in [2.24, 2.45) is 0 Å². The first kappa shape index (κ1) is 20.4. The number of hydrogen-bond donors (Lipinski definition) is 0. The molecule has 4 nitrogen and oxygen atoms in total. The van der Waals surface area contributed by atoms with Crippen molar-refractivity contribution in [3.05, 3.63) is 29.8 Å². The predicted molar refractivity (Wildman–Crippen MR) is 96.7 cm³/mol. The molecular formula is C17H30O4SSi. The first-order valence-corrected chi connectivity index (χ1v) is 12.4. The standard InChI is InChI=1S/C17H30O4SSi/c1-5-23(6-2,7-3)21-15-9-8-14-20-22(18,19)17-12-10-16(4)11-13-17/h10-13H,5-9,14-15H2,1-4H3. The largest absolute Gasteiger partial charge is 0.417 e. The molecule has 0 aliphatic heterocycles. The highest BCUT2D eigenvalue weighted by atomic mass is 32.2. The van der Waals surface area contributed by atoms with Crippen molar-refractivity contribution >= 4 is 18.4 Å². The van der Waals surface area contributed by atoms with E-state index in [1.165, 1.54) is 0 Å². The van der Waals surface area contributed by atoms with Gasteiger partial charge in [-0.3, -0.25) is 4.18 Å². The summed E-state index contributed by atoms with van der Waals surface area (Å²) < 4.78 is 35.3. The maximum absolute atomic E-state index is 12.0. The third-order valence-electron chi connectivity index (χ3n) is 4.43. The molecule has 0 N–H and O–H groups in total. The Kier molecular flexibility index (Phi) is 8.46. The quantitative estimate of drug-likeness (QED) is 0.332. The van der Waals surface area contributed by atoms with Crippen LogP contribution in [0.15, 0.2) is 29.2 Å². The molecule has 0 heterocycles. The Hall–Kier alpha value is -0.693. The second-order valence-electron chi connectivity index (χ2n) is 5.89. The summed E-state index contributed by atoms with van der Waals surface area (Å²) in [5.74, 6) is 0. The van der Waals surface area contributed by atoms with Crippen LogP contribution < -0.4 is 0 Å². The van der Waals surface area contributed by atoms with Gasteiger partial charge in [-0.25, -0.2) is 0 Å². The van der Waals surface area contributed by atoms with E-state index in [1.54, 1.807) is 24.3 Å². The van der Waals surface area contributed by atoms with Gasteiger partial charge in [-0.15, -0.1) is 0 Å². The summed E-state index contributed by atoms with van der Waals surface area (Å²) in [5.41, 5.74) is 1.02. The lowest BCUT2D eigenvalue weighted by molar-refractivity contribution is 0.259. The topological polar surface area (TPSA) is 52.6 Å². The molecule has 0 saturated heterocycles. The first-order valence-electron chi connectivity index (χ1n) is 8.49. The molecule has 23 heavy (non-hydrogen) atoms. The molecule has 0 fully saturated rings. The van der Waals surface area contributed by atoms with E-state index in [0.29, 0.717) is 13.0 Å². The van der Waals surface area contributed by atoms with E-state index in [-0.39, 0.29) is 11.5 Å². The highest BCUT2D eigenvalue weighted by Crippen LogP contribution is 2.22. The van der Waals surface area contributed by atoms with Crippen molar-refractivity contribution in [2.75, 3.05) is 13.2 Å². The van der Waals surface area contributed by atoms with Crippen LogP contribution in [0.2, 0.25) is 18.1 Å². The molecule has 0 aliphatic carbocycles. The first-order chi connectivity index (χ1) is 10.9. The zero-order valence-electron chi connectivity index (χ0n) is 14.8. The van der Waals surface area contributed by atoms with Gasteiger partial charge in [0.05, 0.1) is 11.5 Å². The van der Waals surface area contributed by atoms with Crippen LogP contribution in [-0.4, -0.2) is 29.9 Å². The minimum absolute atomic E-state index is 0.207. The predicted octanol–water partition coefficient (Wildman–Crippen LogP) is 4.50. The summed E-state index contributed by atoms with van der Waals surface area (Å²) in [6.45, 7) is 9.45. The monoisotopic (exact) mass is 358 g/mol. The Morgan fingerprint density at radius 1 is 0.913 bits per heavy atom. The smallest absolute Gasteiger partial charge is 0.296 e. The van der Waals surface area contributed by atoms with Gasteiger partial charge in [0.15, 0.2) is 8.32 Å². The van der Waals surface area contributed by atoms with Crippen LogP contribution in [0, 0.1) is 6.92 Å². The molecule has 1 aromatic carbocycles. The van der Waals surface area contributed by atoms with Gasteiger partial charge in [0.25, 0.3) is 10.1 Å². The SMILES string of the molecule is CC[Si](CC)(CC)OCCCCOS(=O)(=O)c1ccc(C)cc1. The molecule has 0 atom stereocenters. The minimum atomic E-state index is -3.64. The Morgan fingerprint density at radius 3 is 1.96 bits per heavy atom. The fourth-order valence-electron chi connectivity index (χ4n) is 2.49. The average molecular weight is 359 g/mol. The molecule has 0 bridgehead atoms. The molecule has 1 rings (SSSR count). The lowest BCUT2D eigenvalue weighted by atomic mass is 10.2. The van der Waals surface area contributed by atoms with Crippen molar-refractivity contribution < 1.29 is 17.0 Å². The molecular weight excluding hydrogens is 328 g/mol. The third-order valence-corrected chi connectivity index (χ3v) is 10.4. The van der Waals surface area contributed by atoms with Gasteiger partial charge in [-0.2, -0.15) is 8.42 Å². The van der Waals surface area contributed by atoms with Crippen LogP contribution in [0.4, 0.5) is 0 Å². The molecule has 132 valence electrons. The zero-order chi connectivity index (χ0) is 17.3. The molecule has 0 spiro atoms. The van der Waals surface area contributed by atoms with Crippen LogP contribution in [0.1, 0.15) is 39.2 Å². The van der Waals surface area contributed by atoms with Crippen molar-refractivity contribution in [3.63, 3.8) is 0 Å². The molecule has 0 aliphatic rings. The van der Waals surface area contributed by atoms with E-state index in [4.69, 9.17) is 8.61 Å². The van der Waals surface area contributed by atoms with Crippen LogP contribution in [0.25, 0.3) is 0 Å². The Bertz CT molecular complexity index is 542. The normalized spacial score (nSPS) is 12.5. The summed E-state index contributed by atoms with van der Waals surface area (Å²) in [6, 6.07) is 10.1. The highest BCUT2D eigenvalue weighted by Gasteiger charge is 2.28. The summed E-state index contributed by atoms with van der Waals surface area (Å²) in [7, 11) is -5.17. The molecule has 0 unspecified atom stereocenters. The minimum Gasteiger partial charge on any atom is -0.417 e. The summed E-state index contributed by atoms with van der Waals surface area (Å²) in [5, 5.41) is 0. The maximum atomic E-state index is 12.0. The van der Waals surface area contributed by atoms with E-state index in [1.807, 2.05) is 6.92 Å². The van der Waals surface area contributed by atoms with Crippen LogP contribution in [-0.2, 0) is 18.7 Å². The van der Waals surface area contributed by atoms with Gasteiger partial charge in [0.1, 0.15) is 0 Å². The summed E-state index contributed by atoms with van der Waals surface area (Å²) >= 11 is 0. The average Bonchev–Trinajstić information content (AvgIpc) is 2.55. The van der Waals surface area contributed by atoms with E-state index >= 15 is 0 Å². The van der Waals surface area contributed by atoms with Crippen LogP contribution >= 0.6 is 0 Å². The molecule has 6 heteroatoms. The summed E-state index contributed by atoms with van der Waals surface area (Å²) in [4.78, 5) is 0.216. The lowest BCUT2D eigenvalue weighted by Gasteiger charge is -2.27. The van der Waals surface area contributed by atoms with Gasteiger partial charge in [-0.05, 0) is 50.0 Å². The maximum Gasteiger partial charge on any atom is 0.296 e. The van der Waals surface area contributed by atoms with E-state index < -0.39 is 18.4 Å². The van der Waals surface area contributed by atoms with Crippen molar-refractivity contribution in [3.8, 4) is 0 Å². The number of aryl methyl sites for hydroxylation is 1. The van der Waals surface area contributed by atoms with Gasteiger partial charge in [-0.1, -0.05) is 38.5 Å². The Labute approximate surface area is 142 Å². The molecule has 0 saturated carbocycles. The number of benzene rings is 1. The molecule has 0 radical (unpaired) electrons. The zero-order valence-corrected chi connectivity index (χ0v) is 16.6. The lowest BCUT2D eigenvalue weighted by Crippen LogP contribution is -2.36. The van der Waals surface area contributed by atoms with Crippen molar-refractivity contribution in [1.29, 1.82) is 0 Å². The van der Waals surface area contributed by atoms with Gasteiger partial charge >= 0.3 is 0 Å². The van der Waals surface area contributed by atoms with Crippen molar-refractivity contribution in [1.82, 2.24) is 0 Å². The van der Waals surface area contributed by atoms with Gasteiger partial charge < -0.3 is 4.43 Å². The second-order valence-corrected chi connectivity index (χ2v) is 12.3. The van der Waals surface area contributed by atoms with Gasteiger partial charge in [0.2, 0.25) is 0 Å². The fraction of sp³-hybridized carbons (Fsp3) is 0.647.